The Morgan fingerprint density at radius 1 is 0.475 bits per heavy atom. The summed E-state index contributed by atoms with van der Waals surface area (Å²) in [6.45, 7) is 4.90. The molecule has 0 aromatic rings. The van der Waals surface area contributed by atoms with E-state index < -0.39 is 12.1 Å². The molecule has 0 aliphatic carbocycles. The highest BCUT2D eigenvalue weighted by Gasteiger charge is 2.20. The molecule has 2 unspecified atom stereocenters. The Morgan fingerprint density at radius 2 is 0.847 bits per heavy atom. The summed E-state index contributed by atoms with van der Waals surface area (Å²) in [6.07, 6.45) is 57.2. The summed E-state index contributed by atoms with van der Waals surface area (Å²) >= 11 is 0. The Labute approximate surface area is 367 Å². The van der Waals surface area contributed by atoms with Gasteiger partial charge in [-0.2, -0.15) is 0 Å². The fourth-order valence-corrected chi connectivity index (χ4v) is 7.96. The van der Waals surface area contributed by atoms with E-state index in [1.165, 1.54) is 161 Å². The summed E-state index contributed by atoms with van der Waals surface area (Å²) in [5, 5.41) is 23.1. The smallest absolute Gasteiger partial charge is 0.305 e. The lowest BCUT2D eigenvalue weighted by molar-refractivity contribution is -0.143. The number of esters is 1. The number of allylic oxidation sites excluding steroid dienone is 4. The molecule has 6 heteroatoms. The normalized spacial score (nSPS) is 12.8. The highest BCUT2D eigenvalue weighted by atomic mass is 16.5. The van der Waals surface area contributed by atoms with E-state index in [1.54, 1.807) is 0 Å². The fourth-order valence-electron chi connectivity index (χ4n) is 7.96. The summed E-state index contributed by atoms with van der Waals surface area (Å²) in [6, 6.07) is -0.551. The number of hydrogen-bond donors (Lipinski definition) is 3. The number of unbranched alkanes of at least 4 members (excludes halogenated alkanes) is 33. The molecule has 0 heterocycles. The number of nitrogens with one attached hydrogen (secondary N) is 1. The van der Waals surface area contributed by atoms with E-state index in [0.717, 1.165) is 83.5 Å². The molecule has 3 N–H and O–H groups in total. The number of ether oxygens (including phenoxy) is 1. The molecule has 0 bridgehead atoms. The van der Waals surface area contributed by atoms with Crippen molar-refractivity contribution in [3.8, 4) is 0 Å². The van der Waals surface area contributed by atoms with Crippen LogP contribution in [-0.4, -0.2) is 47.4 Å². The third-order valence-electron chi connectivity index (χ3n) is 12.0. The zero-order chi connectivity index (χ0) is 43.0. The maximum absolute atomic E-state index is 12.4. The summed E-state index contributed by atoms with van der Waals surface area (Å²) in [7, 11) is 0. The average molecular weight is 832 g/mol. The third kappa shape index (κ3) is 45.7. The van der Waals surface area contributed by atoms with Crippen molar-refractivity contribution in [2.24, 2.45) is 0 Å². The Kier molecular flexibility index (Phi) is 47.6. The molecule has 0 saturated carbocycles. The fraction of sp³-hybridized carbons (Fsp3) is 0.887. The summed E-state index contributed by atoms with van der Waals surface area (Å²) in [5.74, 6) is -0.0658. The molecule has 0 aliphatic heterocycles. The van der Waals surface area contributed by atoms with Gasteiger partial charge in [0.05, 0.1) is 25.4 Å². The quantitative estimate of drug-likeness (QED) is 0.0322. The number of hydrogen-bond acceptors (Lipinski definition) is 5. The lowest BCUT2D eigenvalue weighted by Gasteiger charge is -2.22. The van der Waals surface area contributed by atoms with Gasteiger partial charge in [0.15, 0.2) is 0 Å². The molecule has 0 spiro atoms. The van der Waals surface area contributed by atoms with E-state index in [-0.39, 0.29) is 18.5 Å². The molecular formula is C53H101NO5. The predicted molar refractivity (Wildman–Crippen MR) is 255 cm³/mol. The molecule has 6 nitrogen and oxygen atoms in total. The zero-order valence-electron chi connectivity index (χ0n) is 39.5. The van der Waals surface area contributed by atoms with E-state index in [4.69, 9.17) is 4.74 Å². The van der Waals surface area contributed by atoms with Gasteiger partial charge >= 0.3 is 5.97 Å². The molecule has 0 aliphatic rings. The largest absolute Gasteiger partial charge is 0.466 e. The number of amides is 1. The Bertz CT molecular complexity index is 920. The topological polar surface area (TPSA) is 95.9 Å². The molecule has 0 fully saturated rings. The molecule has 0 radical (unpaired) electrons. The lowest BCUT2D eigenvalue weighted by atomic mass is 10.0. The maximum atomic E-state index is 12.4. The van der Waals surface area contributed by atoms with Gasteiger partial charge in [-0.05, 0) is 64.2 Å². The SMILES string of the molecule is CCCCCCCCCCCCCCCCC(=O)OCCCCC/C=C\C/C=C\CCCCCCCCCC(=O)NC(CO)C(O)CCCCCCCCCCCCC. The number of aliphatic hydroxyl groups is 2. The van der Waals surface area contributed by atoms with E-state index in [0.29, 0.717) is 25.9 Å². The molecule has 348 valence electrons. The standard InChI is InChI=1S/C53H101NO5/c1-3-5-7-9-11-13-15-16-23-27-31-35-39-43-47-53(58)59-48-44-40-36-32-28-24-21-19-17-18-20-22-26-30-34-38-42-46-52(57)54-50(49-55)51(56)45-41-37-33-29-25-14-12-10-8-6-4-2/h17,19,24,28,50-51,55-56H,3-16,18,20-23,25-27,29-49H2,1-2H3,(H,54,57)/b19-17-,28-24-. The van der Waals surface area contributed by atoms with Gasteiger partial charge in [0.1, 0.15) is 0 Å². The lowest BCUT2D eigenvalue weighted by Crippen LogP contribution is -2.45. The van der Waals surface area contributed by atoms with Crippen molar-refractivity contribution >= 4 is 11.9 Å². The first kappa shape index (κ1) is 57.3. The Hall–Kier alpha value is -1.66. The van der Waals surface area contributed by atoms with Crippen molar-refractivity contribution in [1.82, 2.24) is 5.32 Å². The van der Waals surface area contributed by atoms with Gasteiger partial charge in [-0.3, -0.25) is 9.59 Å². The second kappa shape index (κ2) is 49.0. The van der Waals surface area contributed by atoms with Crippen molar-refractivity contribution in [3.63, 3.8) is 0 Å². The zero-order valence-corrected chi connectivity index (χ0v) is 39.5. The summed E-state index contributed by atoms with van der Waals surface area (Å²) in [4.78, 5) is 24.4. The molecular weight excluding hydrogens is 731 g/mol. The predicted octanol–water partition coefficient (Wildman–Crippen LogP) is 15.5. The van der Waals surface area contributed by atoms with Crippen LogP contribution in [0.25, 0.3) is 0 Å². The van der Waals surface area contributed by atoms with Crippen molar-refractivity contribution in [2.75, 3.05) is 13.2 Å². The van der Waals surface area contributed by atoms with E-state index in [2.05, 4.69) is 43.5 Å². The van der Waals surface area contributed by atoms with Crippen LogP contribution in [0.2, 0.25) is 0 Å². The van der Waals surface area contributed by atoms with Crippen LogP contribution in [0.4, 0.5) is 0 Å². The van der Waals surface area contributed by atoms with Crippen LogP contribution in [0, 0.1) is 0 Å². The minimum atomic E-state index is -0.673. The van der Waals surface area contributed by atoms with Crippen LogP contribution >= 0.6 is 0 Å². The van der Waals surface area contributed by atoms with Gasteiger partial charge in [0.25, 0.3) is 0 Å². The third-order valence-corrected chi connectivity index (χ3v) is 12.0. The summed E-state index contributed by atoms with van der Waals surface area (Å²) < 4.78 is 5.45. The average Bonchev–Trinajstić information content (AvgIpc) is 3.24. The molecule has 0 aromatic heterocycles. The minimum Gasteiger partial charge on any atom is -0.466 e. The van der Waals surface area contributed by atoms with Gasteiger partial charge in [-0.1, -0.05) is 224 Å². The number of aliphatic hydroxyl groups excluding tert-OH is 2. The van der Waals surface area contributed by atoms with Crippen LogP contribution in [0.15, 0.2) is 24.3 Å². The van der Waals surface area contributed by atoms with Crippen molar-refractivity contribution in [3.05, 3.63) is 24.3 Å². The summed E-state index contributed by atoms with van der Waals surface area (Å²) in [5.41, 5.74) is 0. The Balaban J connectivity index is 3.48. The van der Waals surface area contributed by atoms with Gasteiger partial charge in [0, 0.05) is 12.8 Å². The first-order chi connectivity index (χ1) is 29.0. The van der Waals surface area contributed by atoms with Gasteiger partial charge in [-0.25, -0.2) is 0 Å². The highest BCUT2D eigenvalue weighted by Crippen LogP contribution is 2.16. The molecule has 0 saturated heterocycles. The van der Waals surface area contributed by atoms with E-state index >= 15 is 0 Å². The molecule has 59 heavy (non-hydrogen) atoms. The van der Waals surface area contributed by atoms with E-state index in [9.17, 15) is 19.8 Å². The van der Waals surface area contributed by atoms with Gasteiger partial charge in [0.2, 0.25) is 5.91 Å². The van der Waals surface area contributed by atoms with Gasteiger partial charge in [-0.15, -0.1) is 0 Å². The van der Waals surface area contributed by atoms with Crippen LogP contribution < -0.4 is 5.32 Å². The van der Waals surface area contributed by atoms with Crippen LogP contribution in [0.1, 0.15) is 277 Å². The number of carbonyl (C=O) groups is 2. The minimum absolute atomic E-state index is 0.0135. The van der Waals surface area contributed by atoms with Gasteiger partial charge < -0.3 is 20.3 Å². The number of rotatable bonds is 48. The second-order valence-electron chi connectivity index (χ2n) is 17.9. The Morgan fingerprint density at radius 3 is 1.29 bits per heavy atom. The van der Waals surface area contributed by atoms with Crippen molar-refractivity contribution in [1.29, 1.82) is 0 Å². The molecule has 0 aromatic carbocycles. The molecule has 2 atom stereocenters. The molecule has 0 rings (SSSR count). The van der Waals surface area contributed by atoms with Crippen molar-refractivity contribution in [2.45, 2.75) is 289 Å². The molecule has 1 amide bonds. The van der Waals surface area contributed by atoms with Crippen LogP contribution in [0.3, 0.4) is 0 Å². The monoisotopic (exact) mass is 832 g/mol. The maximum Gasteiger partial charge on any atom is 0.305 e. The highest BCUT2D eigenvalue weighted by molar-refractivity contribution is 5.76. The second-order valence-corrected chi connectivity index (χ2v) is 17.9. The van der Waals surface area contributed by atoms with Crippen LogP contribution in [0.5, 0.6) is 0 Å². The van der Waals surface area contributed by atoms with Crippen LogP contribution in [-0.2, 0) is 14.3 Å². The number of carbonyl (C=O) groups excluding carboxylic acids is 2. The first-order valence-electron chi connectivity index (χ1n) is 26.1. The first-order valence-corrected chi connectivity index (χ1v) is 26.1. The van der Waals surface area contributed by atoms with Crippen molar-refractivity contribution < 1.29 is 24.5 Å². The van der Waals surface area contributed by atoms with E-state index in [1.807, 2.05) is 0 Å².